The summed E-state index contributed by atoms with van der Waals surface area (Å²) >= 11 is -0.0668. The highest BCUT2D eigenvalue weighted by atomic mass is 32.2. The average Bonchev–Trinajstić information content (AvgIpc) is 2.44. The van der Waals surface area contributed by atoms with Crippen LogP contribution >= 0.6 is 11.8 Å². The summed E-state index contributed by atoms with van der Waals surface area (Å²) in [4.78, 5) is 0. The van der Waals surface area contributed by atoms with Crippen molar-refractivity contribution in [1.29, 1.82) is 0 Å². The van der Waals surface area contributed by atoms with Crippen molar-refractivity contribution < 1.29 is 23.0 Å². The molecule has 1 aliphatic rings. The average molecular weight is 231 g/mol. The minimum atomic E-state index is -4.17. The molecule has 1 heterocycles. The van der Waals surface area contributed by atoms with Crippen molar-refractivity contribution in [2.24, 2.45) is 0 Å². The summed E-state index contributed by atoms with van der Waals surface area (Å²) in [6.07, 6.45) is -0.606. The van der Waals surface area contributed by atoms with Crippen LogP contribution in [0.2, 0.25) is 0 Å². The van der Waals surface area contributed by atoms with E-state index in [0.29, 0.717) is 6.61 Å². The second kappa shape index (κ2) is 5.20. The monoisotopic (exact) mass is 231 g/mol. The van der Waals surface area contributed by atoms with Crippen LogP contribution in [-0.2, 0) is 4.74 Å². The third-order valence-corrected chi connectivity index (χ3v) is 2.56. The fourth-order valence-electron chi connectivity index (χ4n) is 1.15. The quantitative estimate of drug-likeness (QED) is 0.695. The molecule has 2 unspecified atom stereocenters. The van der Waals surface area contributed by atoms with Gasteiger partial charge in [0.25, 0.3) is 0 Å². The van der Waals surface area contributed by atoms with Crippen molar-refractivity contribution in [1.82, 2.24) is 5.32 Å². The smallest absolute Gasteiger partial charge is 0.389 e. The summed E-state index contributed by atoms with van der Waals surface area (Å²) in [5.41, 5.74) is -4.17. The van der Waals surface area contributed by atoms with Crippen LogP contribution in [0.15, 0.2) is 0 Å². The maximum Gasteiger partial charge on any atom is 0.441 e. The van der Waals surface area contributed by atoms with Gasteiger partial charge in [0.1, 0.15) is 0 Å². The maximum absolute atomic E-state index is 11.7. The molecule has 1 aliphatic heterocycles. The predicted octanol–water partition coefficient (Wildman–Crippen LogP) is 0.589. The molecule has 1 rings (SSSR count). The van der Waals surface area contributed by atoms with Crippen molar-refractivity contribution in [3.05, 3.63) is 0 Å². The number of alkyl halides is 3. The maximum atomic E-state index is 11.7. The lowest BCUT2D eigenvalue weighted by atomic mass is 10.2. The highest BCUT2D eigenvalue weighted by Gasteiger charge is 2.29. The topological polar surface area (TPSA) is 41.5 Å². The zero-order valence-corrected chi connectivity index (χ0v) is 8.20. The number of aliphatic hydroxyl groups excluding tert-OH is 1. The summed E-state index contributed by atoms with van der Waals surface area (Å²) in [7, 11) is 0. The van der Waals surface area contributed by atoms with Crippen molar-refractivity contribution in [2.75, 3.05) is 25.5 Å². The fourth-order valence-corrected chi connectivity index (χ4v) is 1.60. The van der Waals surface area contributed by atoms with Crippen molar-refractivity contribution in [3.8, 4) is 0 Å². The zero-order chi connectivity index (χ0) is 10.6. The first kappa shape index (κ1) is 12.1. The van der Waals surface area contributed by atoms with Gasteiger partial charge >= 0.3 is 5.51 Å². The molecular weight excluding hydrogens is 219 g/mol. The Bertz CT molecular complexity index is 179. The Labute approximate surface area is 84.0 Å². The molecule has 0 amide bonds. The first-order chi connectivity index (χ1) is 6.49. The lowest BCUT2D eigenvalue weighted by Gasteiger charge is -2.14. The van der Waals surface area contributed by atoms with E-state index in [1.54, 1.807) is 0 Å². The Morgan fingerprint density at radius 2 is 2.14 bits per heavy atom. The van der Waals surface area contributed by atoms with Gasteiger partial charge in [-0.2, -0.15) is 13.2 Å². The molecule has 1 fully saturated rings. The molecule has 0 aromatic heterocycles. The molecular formula is C7H12F3NO2S. The van der Waals surface area contributed by atoms with Crippen LogP contribution in [-0.4, -0.2) is 48.3 Å². The van der Waals surface area contributed by atoms with Gasteiger partial charge in [-0.1, -0.05) is 0 Å². The van der Waals surface area contributed by atoms with E-state index in [1.165, 1.54) is 0 Å². The molecule has 0 aromatic rings. The molecule has 2 atom stereocenters. The number of ether oxygens (including phenoxy) is 1. The third kappa shape index (κ3) is 4.50. The zero-order valence-electron chi connectivity index (χ0n) is 7.38. The second-order valence-electron chi connectivity index (χ2n) is 2.96. The van der Waals surface area contributed by atoms with Crippen LogP contribution in [0.1, 0.15) is 0 Å². The summed E-state index contributed by atoms with van der Waals surface area (Å²) < 4.78 is 40.0. The Morgan fingerprint density at radius 1 is 1.43 bits per heavy atom. The van der Waals surface area contributed by atoms with Crippen LogP contribution in [0, 0.1) is 0 Å². The van der Waals surface area contributed by atoms with Crippen LogP contribution in [0.5, 0.6) is 0 Å². The Kier molecular flexibility index (Phi) is 4.49. The lowest BCUT2D eigenvalue weighted by molar-refractivity contribution is -0.0327. The minimum Gasteiger partial charge on any atom is -0.389 e. The molecule has 1 saturated heterocycles. The van der Waals surface area contributed by atoms with Crippen LogP contribution in [0.25, 0.3) is 0 Å². The molecule has 0 aromatic carbocycles. The van der Waals surface area contributed by atoms with E-state index in [2.05, 4.69) is 5.32 Å². The van der Waals surface area contributed by atoms with E-state index in [4.69, 9.17) is 4.74 Å². The van der Waals surface area contributed by atoms with E-state index in [9.17, 15) is 18.3 Å². The number of nitrogens with one attached hydrogen (secondary N) is 1. The standard InChI is InChI=1S/C7H12F3NO2S/c8-7(9,10)14-2-1-11-5-3-13-4-6(5)12/h5-6,11-12H,1-4H2. The highest BCUT2D eigenvalue weighted by molar-refractivity contribution is 8.00. The Morgan fingerprint density at radius 3 is 2.64 bits per heavy atom. The van der Waals surface area contributed by atoms with Gasteiger partial charge in [0.15, 0.2) is 0 Å². The molecule has 84 valence electrons. The molecule has 0 spiro atoms. The first-order valence-electron chi connectivity index (χ1n) is 4.19. The largest absolute Gasteiger partial charge is 0.441 e. The lowest BCUT2D eigenvalue weighted by Crippen LogP contribution is -2.40. The molecule has 14 heavy (non-hydrogen) atoms. The normalized spacial score (nSPS) is 28.3. The van der Waals surface area contributed by atoms with Crippen molar-refractivity contribution in [3.63, 3.8) is 0 Å². The van der Waals surface area contributed by atoms with E-state index in [1.807, 2.05) is 0 Å². The SMILES string of the molecule is OC1COCC1NCCSC(F)(F)F. The predicted molar refractivity (Wildman–Crippen MR) is 47.1 cm³/mol. The van der Waals surface area contributed by atoms with Gasteiger partial charge in [-0.25, -0.2) is 0 Å². The number of rotatable bonds is 4. The van der Waals surface area contributed by atoms with Gasteiger partial charge in [-0.05, 0) is 11.8 Å². The molecule has 0 bridgehead atoms. The van der Waals surface area contributed by atoms with Gasteiger partial charge in [0.2, 0.25) is 0 Å². The summed E-state index contributed by atoms with van der Waals surface area (Å²) in [6, 6.07) is -0.233. The molecule has 0 saturated carbocycles. The molecule has 7 heteroatoms. The number of aliphatic hydroxyl groups is 1. The van der Waals surface area contributed by atoms with E-state index >= 15 is 0 Å². The third-order valence-electron chi connectivity index (χ3n) is 1.82. The minimum absolute atomic E-state index is 0.0489. The Balaban J connectivity index is 2.04. The number of thioether (sulfide) groups is 1. The number of hydrogen-bond acceptors (Lipinski definition) is 4. The summed E-state index contributed by atoms with van der Waals surface area (Å²) in [5.74, 6) is -0.0489. The van der Waals surface area contributed by atoms with Crippen LogP contribution in [0.4, 0.5) is 13.2 Å². The first-order valence-corrected chi connectivity index (χ1v) is 5.17. The van der Waals surface area contributed by atoms with Crippen molar-refractivity contribution >= 4 is 11.8 Å². The van der Waals surface area contributed by atoms with Crippen LogP contribution in [0.3, 0.4) is 0 Å². The van der Waals surface area contributed by atoms with Gasteiger partial charge in [-0.3, -0.25) is 0 Å². The highest BCUT2D eigenvalue weighted by Crippen LogP contribution is 2.29. The molecule has 0 radical (unpaired) electrons. The van der Waals surface area contributed by atoms with Crippen LogP contribution < -0.4 is 5.32 Å². The summed E-state index contributed by atoms with van der Waals surface area (Å²) in [5, 5.41) is 12.0. The molecule has 0 aliphatic carbocycles. The Hall–Kier alpha value is 0.0200. The van der Waals surface area contributed by atoms with Gasteiger partial charge in [-0.15, -0.1) is 0 Å². The van der Waals surface area contributed by atoms with E-state index in [0.717, 1.165) is 0 Å². The number of hydrogen-bond donors (Lipinski definition) is 2. The van der Waals surface area contributed by atoms with Gasteiger partial charge in [0, 0.05) is 12.3 Å². The summed E-state index contributed by atoms with van der Waals surface area (Å²) in [6.45, 7) is 0.831. The van der Waals surface area contributed by atoms with Gasteiger partial charge in [0.05, 0.1) is 25.4 Å². The van der Waals surface area contributed by atoms with Crippen molar-refractivity contribution in [2.45, 2.75) is 17.7 Å². The van der Waals surface area contributed by atoms with E-state index in [-0.39, 0.29) is 36.7 Å². The fraction of sp³-hybridized carbons (Fsp3) is 1.00. The number of halogens is 3. The molecule has 3 nitrogen and oxygen atoms in total. The molecule has 2 N–H and O–H groups in total. The van der Waals surface area contributed by atoms with Gasteiger partial charge < -0.3 is 15.2 Å². The second-order valence-corrected chi connectivity index (χ2v) is 4.12. The van der Waals surface area contributed by atoms with E-state index < -0.39 is 11.6 Å².